The fourth-order valence-corrected chi connectivity index (χ4v) is 4.25. The molecule has 3 rings (SSSR count). The van der Waals surface area contributed by atoms with E-state index in [1.165, 1.54) is 17.8 Å². The number of hydrogen-bond acceptors (Lipinski definition) is 5. The maximum Gasteiger partial charge on any atom is 0.253 e. The summed E-state index contributed by atoms with van der Waals surface area (Å²) < 4.78 is 1.81. The quantitative estimate of drug-likeness (QED) is 0.305. The third-order valence-electron chi connectivity index (χ3n) is 4.64. The van der Waals surface area contributed by atoms with Crippen LogP contribution in [0, 0.1) is 6.92 Å². The number of nitrogens with one attached hydrogen (secondary N) is 2. The summed E-state index contributed by atoms with van der Waals surface area (Å²) in [5, 5.41) is 15.4. The molecule has 0 spiro atoms. The van der Waals surface area contributed by atoms with Crippen molar-refractivity contribution in [2.45, 2.75) is 31.6 Å². The van der Waals surface area contributed by atoms with Crippen LogP contribution in [0.5, 0.6) is 0 Å². The van der Waals surface area contributed by atoms with Crippen LogP contribution in [0.4, 0.5) is 5.69 Å². The summed E-state index contributed by atoms with van der Waals surface area (Å²) in [5.74, 6) is 0.181. The third kappa shape index (κ3) is 6.60. The summed E-state index contributed by atoms with van der Waals surface area (Å²) in [6.45, 7) is 7.98. The number of nitrogens with zero attached hydrogens (tertiary/aromatic N) is 3. The van der Waals surface area contributed by atoms with E-state index in [2.05, 4.69) is 27.4 Å². The molecule has 3 aromatic rings. The summed E-state index contributed by atoms with van der Waals surface area (Å²) in [4.78, 5) is 25.0. The SMILES string of the molecule is C=CCn1c(SCC(=O)Nc2ccc(C)cc2)nnc1[C@@H](C)NC(=O)c1ccc(Cl)cc1Cl. The van der Waals surface area contributed by atoms with Crippen molar-refractivity contribution < 1.29 is 9.59 Å². The number of thioether (sulfide) groups is 1. The van der Waals surface area contributed by atoms with Crippen molar-refractivity contribution in [1.29, 1.82) is 0 Å². The number of halogens is 2. The second kappa shape index (κ2) is 11.4. The minimum Gasteiger partial charge on any atom is -0.342 e. The molecule has 0 saturated carbocycles. The maximum absolute atomic E-state index is 12.7. The smallest absolute Gasteiger partial charge is 0.253 e. The number of aromatic nitrogens is 3. The predicted octanol–water partition coefficient (Wildman–Crippen LogP) is 5.30. The highest BCUT2D eigenvalue weighted by molar-refractivity contribution is 7.99. The molecule has 2 aromatic carbocycles. The summed E-state index contributed by atoms with van der Waals surface area (Å²) in [7, 11) is 0. The van der Waals surface area contributed by atoms with E-state index in [0.717, 1.165) is 11.3 Å². The zero-order valence-electron chi connectivity index (χ0n) is 18.1. The minimum atomic E-state index is -0.465. The second-order valence-corrected chi connectivity index (χ2v) is 9.05. The van der Waals surface area contributed by atoms with E-state index in [9.17, 15) is 9.59 Å². The van der Waals surface area contributed by atoms with Crippen LogP contribution >= 0.6 is 35.0 Å². The van der Waals surface area contributed by atoms with Gasteiger partial charge >= 0.3 is 0 Å². The van der Waals surface area contributed by atoms with E-state index in [4.69, 9.17) is 23.2 Å². The summed E-state index contributed by atoms with van der Waals surface area (Å²) >= 11 is 13.3. The molecule has 172 valence electrons. The second-order valence-electron chi connectivity index (χ2n) is 7.26. The molecule has 1 heterocycles. The van der Waals surface area contributed by atoms with Gasteiger partial charge in [0.25, 0.3) is 5.91 Å². The Morgan fingerprint density at radius 2 is 1.91 bits per heavy atom. The summed E-state index contributed by atoms with van der Waals surface area (Å²) in [5.41, 5.74) is 2.16. The lowest BCUT2D eigenvalue weighted by molar-refractivity contribution is -0.113. The van der Waals surface area contributed by atoms with Crippen LogP contribution in [-0.4, -0.2) is 32.3 Å². The van der Waals surface area contributed by atoms with Gasteiger partial charge in [-0.05, 0) is 44.2 Å². The van der Waals surface area contributed by atoms with Gasteiger partial charge < -0.3 is 15.2 Å². The molecule has 0 saturated heterocycles. The van der Waals surface area contributed by atoms with Crippen LogP contribution in [0.1, 0.15) is 34.7 Å². The molecule has 0 unspecified atom stereocenters. The van der Waals surface area contributed by atoms with Gasteiger partial charge in [0, 0.05) is 17.3 Å². The van der Waals surface area contributed by atoms with Gasteiger partial charge in [0.2, 0.25) is 5.91 Å². The Balaban J connectivity index is 1.67. The zero-order chi connectivity index (χ0) is 24.0. The largest absolute Gasteiger partial charge is 0.342 e. The number of amides is 2. The van der Waals surface area contributed by atoms with E-state index in [-0.39, 0.29) is 22.6 Å². The van der Waals surface area contributed by atoms with Gasteiger partial charge in [0.1, 0.15) is 0 Å². The van der Waals surface area contributed by atoms with Gasteiger partial charge in [0.05, 0.1) is 22.4 Å². The number of benzene rings is 2. The monoisotopic (exact) mass is 503 g/mol. The van der Waals surface area contributed by atoms with Crippen LogP contribution in [-0.2, 0) is 11.3 Å². The van der Waals surface area contributed by atoms with Gasteiger partial charge in [0.15, 0.2) is 11.0 Å². The zero-order valence-corrected chi connectivity index (χ0v) is 20.5. The molecule has 1 aromatic heterocycles. The van der Waals surface area contributed by atoms with E-state index >= 15 is 0 Å². The average molecular weight is 504 g/mol. The molecule has 10 heteroatoms. The first-order chi connectivity index (χ1) is 15.8. The highest BCUT2D eigenvalue weighted by atomic mass is 35.5. The van der Waals surface area contributed by atoms with Crippen molar-refractivity contribution in [2.24, 2.45) is 0 Å². The van der Waals surface area contributed by atoms with Gasteiger partial charge in [-0.3, -0.25) is 9.59 Å². The molecule has 1 atom stereocenters. The Labute approximate surface area is 206 Å². The van der Waals surface area contributed by atoms with Crippen LogP contribution in [0.15, 0.2) is 60.3 Å². The number of anilines is 1. The number of hydrogen-bond donors (Lipinski definition) is 2. The molecular formula is C23H23Cl2N5O2S. The normalized spacial score (nSPS) is 11.6. The molecule has 2 N–H and O–H groups in total. The van der Waals surface area contributed by atoms with E-state index < -0.39 is 6.04 Å². The summed E-state index contributed by atoms with van der Waals surface area (Å²) in [6, 6.07) is 11.8. The van der Waals surface area contributed by atoms with Crippen molar-refractivity contribution in [1.82, 2.24) is 20.1 Å². The molecule has 0 aliphatic rings. The predicted molar refractivity (Wildman–Crippen MR) is 133 cm³/mol. The van der Waals surface area contributed by atoms with Crippen molar-refractivity contribution in [3.05, 3.63) is 82.1 Å². The first-order valence-corrected chi connectivity index (χ1v) is 11.8. The lowest BCUT2D eigenvalue weighted by Gasteiger charge is -2.16. The fourth-order valence-electron chi connectivity index (χ4n) is 3.00. The van der Waals surface area contributed by atoms with Crippen molar-refractivity contribution >= 4 is 52.5 Å². The molecule has 2 amide bonds. The number of rotatable bonds is 9. The molecule has 0 bridgehead atoms. The van der Waals surface area contributed by atoms with E-state index in [0.29, 0.717) is 28.1 Å². The minimum absolute atomic E-state index is 0.155. The van der Waals surface area contributed by atoms with Gasteiger partial charge in [-0.1, -0.05) is 58.7 Å². The van der Waals surface area contributed by atoms with Crippen molar-refractivity contribution in [3.63, 3.8) is 0 Å². The number of carbonyl (C=O) groups is 2. The fraction of sp³-hybridized carbons (Fsp3) is 0.217. The van der Waals surface area contributed by atoms with Crippen molar-refractivity contribution in [2.75, 3.05) is 11.1 Å². The number of carbonyl (C=O) groups excluding carboxylic acids is 2. The molecular weight excluding hydrogens is 481 g/mol. The Kier molecular flexibility index (Phi) is 8.55. The highest BCUT2D eigenvalue weighted by Crippen LogP contribution is 2.24. The van der Waals surface area contributed by atoms with Crippen molar-refractivity contribution in [3.8, 4) is 0 Å². The van der Waals surface area contributed by atoms with Gasteiger partial charge in [-0.2, -0.15) is 0 Å². The Morgan fingerprint density at radius 3 is 2.58 bits per heavy atom. The molecule has 0 aliphatic carbocycles. The molecule has 7 nitrogen and oxygen atoms in total. The van der Waals surface area contributed by atoms with E-state index in [1.807, 2.05) is 35.8 Å². The van der Waals surface area contributed by atoms with Crippen LogP contribution < -0.4 is 10.6 Å². The van der Waals surface area contributed by atoms with Gasteiger partial charge in [-0.15, -0.1) is 16.8 Å². The lowest BCUT2D eigenvalue weighted by atomic mass is 10.2. The Morgan fingerprint density at radius 1 is 1.18 bits per heavy atom. The molecule has 0 fully saturated rings. The Bertz CT molecular complexity index is 1160. The summed E-state index contributed by atoms with van der Waals surface area (Å²) in [6.07, 6.45) is 1.70. The maximum atomic E-state index is 12.7. The third-order valence-corrected chi connectivity index (χ3v) is 6.15. The average Bonchev–Trinajstić information content (AvgIpc) is 3.17. The first kappa shape index (κ1) is 24.8. The molecule has 33 heavy (non-hydrogen) atoms. The number of allylic oxidation sites excluding steroid dienone is 1. The van der Waals surface area contributed by atoms with E-state index in [1.54, 1.807) is 25.1 Å². The molecule has 0 radical (unpaired) electrons. The van der Waals surface area contributed by atoms with Crippen LogP contribution in [0.25, 0.3) is 0 Å². The Hall–Kier alpha value is -2.81. The lowest BCUT2D eigenvalue weighted by Crippen LogP contribution is -2.29. The van der Waals surface area contributed by atoms with Gasteiger partial charge in [-0.25, -0.2) is 0 Å². The number of aryl methyl sites for hydroxylation is 1. The highest BCUT2D eigenvalue weighted by Gasteiger charge is 2.21. The first-order valence-electron chi connectivity index (χ1n) is 10.1. The van der Waals surface area contributed by atoms with Crippen LogP contribution in [0.3, 0.4) is 0 Å². The topological polar surface area (TPSA) is 88.9 Å². The molecule has 0 aliphatic heterocycles. The van der Waals surface area contributed by atoms with Crippen LogP contribution in [0.2, 0.25) is 10.0 Å². The standard InChI is InChI=1S/C23H23Cl2N5O2S/c1-4-11-30-21(15(3)26-22(32)18-10-7-16(24)12-19(18)25)28-29-23(30)33-13-20(31)27-17-8-5-14(2)6-9-17/h4-10,12,15H,1,11,13H2,2-3H3,(H,26,32)(H,27,31)/t15-/m1/s1.